The summed E-state index contributed by atoms with van der Waals surface area (Å²) in [6.45, 7) is 3.90. The van der Waals surface area contributed by atoms with E-state index in [0.717, 1.165) is 11.1 Å². The molecule has 1 aromatic heterocycles. The molecule has 0 aliphatic rings. The van der Waals surface area contributed by atoms with E-state index in [1.807, 2.05) is 32.0 Å². The van der Waals surface area contributed by atoms with Crippen LogP contribution in [-0.2, 0) is 0 Å². The Morgan fingerprint density at radius 1 is 1.06 bits per heavy atom. The maximum atomic E-state index is 5.82. The number of benzene rings is 1. The van der Waals surface area contributed by atoms with E-state index in [-0.39, 0.29) is 0 Å². The van der Waals surface area contributed by atoms with Gasteiger partial charge >= 0.3 is 6.01 Å². The zero-order valence-corrected chi connectivity index (χ0v) is 9.27. The van der Waals surface area contributed by atoms with Crippen molar-refractivity contribution in [1.82, 2.24) is 9.97 Å². The van der Waals surface area contributed by atoms with Gasteiger partial charge < -0.3 is 10.5 Å². The van der Waals surface area contributed by atoms with Crippen LogP contribution in [0.3, 0.4) is 0 Å². The molecule has 2 aromatic rings. The van der Waals surface area contributed by atoms with Crippen molar-refractivity contribution in [3.05, 3.63) is 41.7 Å². The van der Waals surface area contributed by atoms with Crippen molar-refractivity contribution in [3.8, 4) is 11.8 Å². The first-order valence-electron chi connectivity index (χ1n) is 4.98. The normalized spacial score (nSPS) is 10.1. The highest BCUT2D eigenvalue weighted by molar-refractivity contribution is 5.54. The van der Waals surface area contributed by atoms with Gasteiger partial charge in [-0.2, -0.15) is 0 Å². The third-order valence-corrected chi connectivity index (χ3v) is 2.12. The summed E-state index contributed by atoms with van der Waals surface area (Å²) in [7, 11) is 0. The second kappa shape index (κ2) is 4.18. The van der Waals surface area contributed by atoms with Gasteiger partial charge in [-0.3, -0.25) is 0 Å². The van der Waals surface area contributed by atoms with Crippen molar-refractivity contribution in [2.24, 2.45) is 0 Å². The van der Waals surface area contributed by atoms with Crippen molar-refractivity contribution >= 4 is 5.69 Å². The molecule has 0 saturated carbocycles. The summed E-state index contributed by atoms with van der Waals surface area (Å²) in [6, 6.07) is 5.90. The van der Waals surface area contributed by atoms with Crippen LogP contribution in [0.4, 0.5) is 5.69 Å². The molecule has 0 saturated heterocycles. The zero-order valence-electron chi connectivity index (χ0n) is 9.27. The second-order valence-corrected chi connectivity index (χ2v) is 3.69. The van der Waals surface area contributed by atoms with E-state index < -0.39 is 0 Å². The Balaban J connectivity index is 2.23. The lowest BCUT2D eigenvalue weighted by Gasteiger charge is -2.07. The lowest BCUT2D eigenvalue weighted by atomic mass is 10.2. The molecule has 0 fully saturated rings. The Hall–Kier alpha value is -2.10. The van der Waals surface area contributed by atoms with Crippen molar-refractivity contribution in [1.29, 1.82) is 0 Å². The topological polar surface area (TPSA) is 61.0 Å². The van der Waals surface area contributed by atoms with Crippen molar-refractivity contribution < 1.29 is 4.74 Å². The molecule has 0 aliphatic heterocycles. The molecule has 1 aromatic carbocycles. The van der Waals surface area contributed by atoms with E-state index >= 15 is 0 Å². The average molecular weight is 215 g/mol. The van der Waals surface area contributed by atoms with Gasteiger partial charge in [-0.1, -0.05) is 6.07 Å². The van der Waals surface area contributed by atoms with Crippen LogP contribution >= 0.6 is 0 Å². The second-order valence-electron chi connectivity index (χ2n) is 3.69. The molecule has 0 aliphatic carbocycles. The monoisotopic (exact) mass is 215 g/mol. The number of aromatic nitrogens is 2. The van der Waals surface area contributed by atoms with Crippen LogP contribution in [0.5, 0.6) is 11.8 Å². The fourth-order valence-corrected chi connectivity index (χ4v) is 1.29. The van der Waals surface area contributed by atoms with Gasteiger partial charge in [0.15, 0.2) is 5.75 Å². The van der Waals surface area contributed by atoms with Gasteiger partial charge in [-0.15, -0.1) is 0 Å². The summed E-state index contributed by atoms with van der Waals surface area (Å²) in [5.74, 6) is 0.578. The Labute approximate surface area is 94.1 Å². The first kappa shape index (κ1) is 10.4. The van der Waals surface area contributed by atoms with E-state index in [1.165, 1.54) is 0 Å². The fraction of sp³-hybridized carbons (Fsp3) is 0.167. The molecular weight excluding hydrogens is 202 g/mol. The van der Waals surface area contributed by atoms with Gasteiger partial charge in [-0.05, 0) is 37.1 Å². The van der Waals surface area contributed by atoms with Crippen LogP contribution in [0.1, 0.15) is 11.1 Å². The molecule has 16 heavy (non-hydrogen) atoms. The quantitative estimate of drug-likeness (QED) is 0.782. The van der Waals surface area contributed by atoms with Gasteiger partial charge in [0.1, 0.15) is 0 Å². The predicted octanol–water partition coefficient (Wildman–Crippen LogP) is 2.47. The Bertz CT molecular complexity index is 494. The third-order valence-electron chi connectivity index (χ3n) is 2.12. The molecule has 4 heteroatoms. The summed E-state index contributed by atoms with van der Waals surface area (Å²) in [6.07, 6.45) is 3.40. The number of aryl methyl sites for hydroxylation is 2. The molecule has 0 amide bonds. The number of nitrogen functional groups attached to an aromatic ring is 1. The standard InChI is InChI=1S/C12H13N3O/c1-8-3-4-11(10(13)5-8)16-12-14-6-9(2)7-15-12/h3-7H,13H2,1-2H3. The number of nitrogens with two attached hydrogens (primary N) is 1. The molecule has 0 unspecified atom stereocenters. The molecule has 82 valence electrons. The van der Waals surface area contributed by atoms with Crippen molar-refractivity contribution in [2.45, 2.75) is 13.8 Å². The van der Waals surface area contributed by atoms with Crippen molar-refractivity contribution in [3.63, 3.8) is 0 Å². The highest BCUT2D eigenvalue weighted by Gasteiger charge is 2.03. The van der Waals surface area contributed by atoms with Gasteiger partial charge in [0, 0.05) is 12.4 Å². The van der Waals surface area contributed by atoms with E-state index in [9.17, 15) is 0 Å². The Morgan fingerprint density at radius 2 is 1.75 bits per heavy atom. The summed E-state index contributed by atoms with van der Waals surface area (Å²) < 4.78 is 5.47. The van der Waals surface area contributed by atoms with Crippen LogP contribution in [0.25, 0.3) is 0 Å². The SMILES string of the molecule is Cc1cnc(Oc2ccc(C)cc2N)nc1. The van der Waals surface area contributed by atoms with Crippen LogP contribution in [0, 0.1) is 13.8 Å². The highest BCUT2D eigenvalue weighted by atomic mass is 16.5. The molecule has 2 N–H and O–H groups in total. The molecule has 0 bridgehead atoms. The van der Waals surface area contributed by atoms with Gasteiger partial charge in [0.2, 0.25) is 0 Å². The minimum atomic E-state index is 0.307. The van der Waals surface area contributed by atoms with Crippen LogP contribution in [0.15, 0.2) is 30.6 Å². The molecule has 0 atom stereocenters. The van der Waals surface area contributed by atoms with E-state index in [1.54, 1.807) is 12.4 Å². The molecular formula is C12H13N3O. The van der Waals surface area contributed by atoms with E-state index in [0.29, 0.717) is 17.4 Å². The average Bonchev–Trinajstić information content (AvgIpc) is 2.25. The first-order chi connectivity index (χ1) is 7.65. The van der Waals surface area contributed by atoms with Gasteiger partial charge in [0.05, 0.1) is 5.69 Å². The third kappa shape index (κ3) is 2.28. The lowest BCUT2D eigenvalue weighted by Crippen LogP contribution is -1.96. The Morgan fingerprint density at radius 3 is 2.38 bits per heavy atom. The van der Waals surface area contributed by atoms with Crippen LogP contribution in [0.2, 0.25) is 0 Å². The lowest BCUT2D eigenvalue weighted by molar-refractivity contribution is 0.443. The molecule has 4 nitrogen and oxygen atoms in total. The van der Waals surface area contributed by atoms with Crippen LogP contribution in [-0.4, -0.2) is 9.97 Å². The fourth-order valence-electron chi connectivity index (χ4n) is 1.29. The summed E-state index contributed by atoms with van der Waals surface area (Å²) in [5, 5.41) is 0. The molecule has 0 spiro atoms. The number of ether oxygens (including phenoxy) is 1. The van der Waals surface area contributed by atoms with Crippen molar-refractivity contribution in [2.75, 3.05) is 5.73 Å². The summed E-state index contributed by atoms with van der Waals surface area (Å²) in [5.41, 5.74) is 8.49. The van der Waals surface area contributed by atoms with Gasteiger partial charge in [0.25, 0.3) is 0 Å². The number of anilines is 1. The van der Waals surface area contributed by atoms with Gasteiger partial charge in [-0.25, -0.2) is 9.97 Å². The maximum absolute atomic E-state index is 5.82. The maximum Gasteiger partial charge on any atom is 0.321 e. The highest BCUT2D eigenvalue weighted by Crippen LogP contribution is 2.25. The summed E-state index contributed by atoms with van der Waals surface area (Å²) >= 11 is 0. The molecule has 2 rings (SSSR count). The first-order valence-corrected chi connectivity index (χ1v) is 4.98. The molecule has 1 heterocycles. The molecule has 0 radical (unpaired) electrons. The predicted molar refractivity (Wildman–Crippen MR) is 62.4 cm³/mol. The Kier molecular flexibility index (Phi) is 2.72. The number of rotatable bonds is 2. The smallest absolute Gasteiger partial charge is 0.321 e. The minimum Gasteiger partial charge on any atom is -0.422 e. The van der Waals surface area contributed by atoms with Crippen LogP contribution < -0.4 is 10.5 Å². The van der Waals surface area contributed by atoms with E-state index in [2.05, 4.69) is 9.97 Å². The number of hydrogen-bond donors (Lipinski definition) is 1. The zero-order chi connectivity index (χ0) is 11.5. The number of nitrogens with zero attached hydrogens (tertiary/aromatic N) is 2. The minimum absolute atomic E-state index is 0.307. The summed E-state index contributed by atoms with van der Waals surface area (Å²) in [4.78, 5) is 8.10. The largest absolute Gasteiger partial charge is 0.422 e. The number of hydrogen-bond acceptors (Lipinski definition) is 4. The van der Waals surface area contributed by atoms with E-state index in [4.69, 9.17) is 10.5 Å².